The first-order valence-corrected chi connectivity index (χ1v) is 5.16. The van der Waals surface area contributed by atoms with Crippen LogP contribution in [0.2, 0.25) is 0 Å². The summed E-state index contributed by atoms with van der Waals surface area (Å²) in [7, 11) is 0. The Kier molecular flexibility index (Phi) is 4.26. The largest absolute Gasteiger partial charge is 0.203 e. The highest BCUT2D eigenvalue weighted by molar-refractivity contribution is 5.66. The molecule has 1 aromatic carbocycles. The van der Waals surface area contributed by atoms with Crippen molar-refractivity contribution in [2.45, 2.75) is 26.7 Å². The highest BCUT2D eigenvalue weighted by Gasteiger charge is 2.26. The van der Waals surface area contributed by atoms with Gasteiger partial charge in [-0.05, 0) is 18.4 Å². The number of hydrogen-bond donors (Lipinski definition) is 0. The van der Waals surface area contributed by atoms with Crippen molar-refractivity contribution >= 4 is 5.57 Å². The molecule has 17 heavy (non-hydrogen) atoms. The third kappa shape index (κ3) is 2.33. The van der Waals surface area contributed by atoms with Gasteiger partial charge in [0.05, 0.1) is 5.56 Å². The number of hydrogen-bond acceptors (Lipinski definition) is 0. The molecule has 0 aliphatic rings. The summed E-state index contributed by atoms with van der Waals surface area (Å²) < 4.78 is 65.5. The third-order valence-electron chi connectivity index (χ3n) is 2.36. The minimum atomic E-state index is -2.13. The summed E-state index contributed by atoms with van der Waals surface area (Å²) in [4.78, 5) is 0. The van der Waals surface area contributed by atoms with Crippen molar-refractivity contribution in [3.63, 3.8) is 0 Å². The quantitative estimate of drug-likeness (QED) is 0.418. The molecule has 94 valence electrons. The van der Waals surface area contributed by atoms with Crippen LogP contribution in [-0.4, -0.2) is 0 Å². The average Bonchev–Trinajstić information content (AvgIpc) is 2.33. The van der Waals surface area contributed by atoms with Crippen LogP contribution in [0.4, 0.5) is 22.0 Å². The second kappa shape index (κ2) is 5.29. The van der Waals surface area contributed by atoms with Gasteiger partial charge in [-0.1, -0.05) is 19.9 Å². The molecule has 0 fully saturated rings. The van der Waals surface area contributed by atoms with Gasteiger partial charge in [0.25, 0.3) is 0 Å². The maximum atomic E-state index is 13.4. The molecule has 0 bridgehead atoms. The van der Waals surface area contributed by atoms with E-state index in [0.717, 1.165) is 0 Å². The molecule has 0 unspecified atom stereocenters. The van der Waals surface area contributed by atoms with Gasteiger partial charge < -0.3 is 0 Å². The minimum absolute atomic E-state index is 0.111. The minimum Gasteiger partial charge on any atom is -0.203 e. The molecule has 0 nitrogen and oxygen atoms in total. The van der Waals surface area contributed by atoms with Crippen molar-refractivity contribution in [2.75, 3.05) is 0 Å². The first kappa shape index (κ1) is 13.7. The molecular formula is C12H11F5. The van der Waals surface area contributed by atoms with E-state index >= 15 is 0 Å². The van der Waals surface area contributed by atoms with Crippen molar-refractivity contribution in [1.29, 1.82) is 0 Å². The SMILES string of the molecule is CC/C=C(\CC)c1c(F)c(F)c(F)c(F)c1F. The molecule has 0 aromatic heterocycles. The van der Waals surface area contributed by atoms with Crippen LogP contribution >= 0.6 is 0 Å². The van der Waals surface area contributed by atoms with Crippen LogP contribution < -0.4 is 0 Å². The molecule has 0 aliphatic carbocycles. The zero-order valence-electron chi connectivity index (χ0n) is 9.38. The van der Waals surface area contributed by atoms with Crippen LogP contribution in [0.1, 0.15) is 32.3 Å². The Hall–Kier alpha value is -1.39. The smallest absolute Gasteiger partial charge is 0.200 e. The maximum absolute atomic E-state index is 13.4. The van der Waals surface area contributed by atoms with Crippen LogP contribution in [-0.2, 0) is 0 Å². The molecule has 0 amide bonds. The van der Waals surface area contributed by atoms with Gasteiger partial charge in [0, 0.05) is 0 Å². The van der Waals surface area contributed by atoms with E-state index in [4.69, 9.17) is 0 Å². The van der Waals surface area contributed by atoms with Crippen LogP contribution in [0.25, 0.3) is 5.57 Å². The van der Waals surface area contributed by atoms with Crippen molar-refractivity contribution < 1.29 is 22.0 Å². The monoisotopic (exact) mass is 250 g/mol. The summed E-state index contributed by atoms with van der Waals surface area (Å²) in [6.45, 7) is 3.29. The van der Waals surface area contributed by atoms with Crippen LogP contribution in [0.15, 0.2) is 6.08 Å². The summed E-state index contributed by atoms with van der Waals surface area (Å²) in [6.07, 6.45) is 2.08. The predicted molar refractivity (Wildman–Crippen MR) is 54.8 cm³/mol. The average molecular weight is 250 g/mol. The highest BCUT2D eigenvalue weighted by Crippen LogP contribution is 2.30. The number of halogens is 5. The lowest BCUT2D eigenvalue weighted by Gasteiger charge is -2.10. The lowest BCUT2D eigenvalue weighted by molar-refractivity contribution is 0.376. The van der Waals surface area contributed by atoms with Gasteiger partial charge in [-0.2, -0.15) is 0 Å². The van der Waals surface area contributed by atoms with E-state index in [1.165, 1.54) is 6.08 Å². The number of allylic oxidation sites excluding steroid dienone is 2. The van der Waals surface area contributed by atoms with Crippen LogP contribution in [0, 0.1) is 29.1 Å². The topological polar surface area (TPSA) is 0 Å². The van der Waals surface area contributed by atoms with E-state index in [9.17, 15) is 22.0 Å². The van der Waals surface area contributed by atoms with Gasteiger partial charge in [-0.3, -0.25) is 0 Å². The molecule has 0 radical (unpaired) electrons. The molecule has 0 aliphatic heterocycles. The van der Waals surface area contributed by atoms with Gasteiger partial charge in [0.1, 0.15) is 0 Å². The second-order valence-corrected chi connectivity index (χ2v) is 3.44. The Balaban J connectivity index is 3.59. The van der Waals surface area contributed by atoms with Crippen molar-refractivity contribution in [3.8, 4) is 0 Å². The van der Waals surface area contributed by atoms with Gasteiger partial charge in [-0.15, -0.1) is 0 Å². The molecule has 0 saturated heterocycles. The summed E-state index contributed by atoms with van der Waals surface area (Å²) in [5, 5.41) is 0. The van der Waals surface area contributed by atoms with Gasteiger partial charge >= 0.3 is 0 Å². The Morgan fingerprint density at radius 3 is 1.59 bits per heavy atom. The van der Waals surface area contributed by atoms with E-state index in [-0.39, 0.29) is 12.0 Å². The Labute approximate surface area is 95.8 Å². The van der Waals surface area contributed by atoms with Crippen LogP contribution in [0.3, 0.4) is 0 Å². The summed E-state index contributed by atoms with van der Waals surface area (Å²) in [6, 6.07) is 0. The summed E-state index contributed by atoms with van der Waals surface area (Å²) >= 11 is 0. The van der Waals surface area contributed by atoms with Gasteiger partial charge in [0.15, 0.2) is 23.3 Å². The van der Waals surface area contributed by atoms with Crippen molar-refractivity contribution in [2.24, 2.45) is 0 Å². The van der Waals surface area contributed by atoms with E-state index in [2.05, 4.69) is 0 Å². The molecule has 0 N–H and O–H groups in total. The molecule has 0 spiro atoms. The molecule has 0 saturated carbocycles. The van der Waals surface area contributed by atoms with Crippen LogP contribution in [0.5, 0.6) is 0 Å². The first-order chi connectivity index (χ1) is 7.95. The predicted octanol–water partition coefficient (Wildman–Crippen LogP) is 4.59. The van der Waals surface area contributed by atoms with Crippen molar-refractivity contribution in [1.82, 2.24) is 0 Å². The molecular weight excluding hydrogens is 239 g/mol. The van der Waals surface area contributed by atoms with E-state index < -0.39 is 34.6 Å². The van der Waals surface area contributed by atoms with E-state index in [1.807, 2.05) is 0 Å². The fraction of sp³-hybridized carbons (Fsp3) is 0.333. The standard InChI is InChI=1S/C12H11F5/c1-3-5-6(4-2)7-8(13)10(15)12(17)11(16)9(7)14/h5H,3-4H2,1-2H3/b6-5+. The normalized spacial score (nSPS) is 12.1. The molecule has 5 heteroatoms. The Bertz CT molecular complexity index is 433. The first-order valence-electron chi connectivity index (χ1n) is 5.16. The lowest BCUT2D eigenvalue weighted by Crippen LogP contribution is -2.06. The number of benzene rings is 1. The lowest BCUT2D eigenvalue weighted by atomic mass is 10.0. The van der Waals surface area contributed by atoms with Gasteiger partial charge in [-0.25, -0.2) is 22.0 Å². The fourth-order valence-electron chi connectivity index (χ4n) is 1.56. The molecule has 1 aromatic rings. The van der Waals surface area contributed by atoms with E-state index in [0.29, 0.717) is 6.42 Å². The maximum Gasteiger partial charge on any atom is 0.200 e. The summed E-state index contributed by atoms with van der Waals surface area (Å²) in [5.41, 5.74) is -0.717. The third-order valence-corrected chi connectivity index (χ3v) is 2.36. The summed E-state index contributed by atoms with van der Waals surface area (Å²) in [5.74, 6) is -9.50. The highest BCUT2D eigenvalue weighted by atomic mass is 19.2. The molecule has 0 atom stereocenters. The Morgan fingerprint density at radius 2 is 1.24 bits per heavy atom. The molecule has 0 heterocycles. The zero-order valence-corrected chi connectivity index (χ0v) is 9.38. The van der Waals surface area contributed by atoms with Gasteiger partial charge in [0.2, 0.25) is 5.82 Å². The van der Waals surface area contributed by atoms with E-state index in [1.54, 1.807) is 13.8 Å². The molecule has 1 rings (SSSR count). The second-order valence-electron chi connectivity index (χ2n) is 3.44. The van der Waals surface area contributed by atoms with Crippen molar-refractivity contribution in [3.05, 3.63) is 40.7 Å². The number of rotatable bonds is 3. The zero-order chi connectivity index (χ0) is 13.2. The Morgan fingerprint density at radius 1 is 0.824 bits per heavy atom. The fourth-order valence-corrected chi connectivity index (χ4v) is 1.56.